The van der Waals surface area contributed by atoms with Crippen LogP contribution in [0.4, 0.5) is 18.9 Å². The lowest BCUT2D eigenvalue weighted by molar-refractivity contribution is -0.137. The van der Waals surface area contributed by atoms with Gasteiger partial charge < -0.3 is 10.2 Å². The van der Waals surface area contributed by atoms with Gasteiger partial charge in [-0.2, -0.15) is 13.2 Å². The Kier molecular flexibility index (Phi) is 7.75. The van der Waals surface area contributed by atoms with Crippen molar-refractivity contribution in [2.75, 3.05) is 18.4 Å². The molecule has 0 unspecified atom stereocenters. The van der Waals surface area contributed by atoms with E-state index in [0.29, 0.717) is 28.4 Å². The molecule has 0 fully saturated rings. The number of hydrogen-bond acceptors (Lipinski definition) is 5. The first-order valence-electron chi connectivity index (χ1n) is 10.8. The number of fused-ring (bicyclic) bond motifs is 1. The summed E-state index contributed by atoms with van der Waals surface area (Å²) < 4.78 is 39.8. The second-order valence-electron chi connectivity index (χ2n) is 7.78. The quantitative estimate of drug-likeness (QED) is 0.493. The van der Waals surface area contributed by atoms with E-state index in [4.69, 9.17) is 0 Å². The van der Waals surface area contributed by atoms with E-state index in [2.05, 4.69) is 10.3 Å². The van der Waals surface area contributed by atoms with Gasteiger partial charge in [-0.3, -0.25) is 19.0 Å². The SMILES string of the molecule is CCCCN(CC)C(=O)c1sc2ncn(CC(=O)Nc3cccc(C(F)(F)F)c3)c(=O)c2c1C. The third-order valence-electron chi connectivity index (χ3n) is 5.35. The van der Waals surface area contributed by atoms with Gasteiger partial charge in [0.15, 0.2) is 0 Å². The van der Waals surface area contributed by atoms with Crippen LogP contribution in [-0.4, -0.2) is 39.4 Å². The van der Waals surface area contributed by atoms with Crippen LogP contribution in [0.3, 0.4) is 0 Å². The predicted molar refractivity (Wildman–Crippen MR) is 125 cm³/mol. The zero-order valence-electron chi connectivity index (χ0n) is 19.0. The topological polar surface area (TPSA) is 84.3 Å². The molecule has 0 bridgehead atoms. The van der Waals surface area contributed by atoms with Gasteiger partial charge >= 0.3 is 6.18 Å². The summed E-state index contributed by atoms with van der Waals surface area (Å²) in [5.74, 6) is -0.840. The van der Waals surface area contributed by atoms with Crippen molar-refractivity contribution in [3.8, 4) is 0 Å². The average Bonchev–Trinajstić information content (AvgIpc) is 3.12. The smallest absolute Gasteiger partial charge is 0.338 e. The molecule has 1 aromatic carbocycles. The summed E-state index contributed by atoms with van der Waals surface area (Å²) in [7, 11) is 0. The highest BCUT2D eigenvalue weighted by Crippen LogP contribution is 2.31. The largest absolute Gasteiger partial charge is 0.416 e. The molecule has 0 saturated carbocycles. The molecular formula is C23H25F3N4O3S. The number of amides is 2. The van der Waals surface area contributed by atoms with Gasteiger partial charge in [-0.15, -0.1) is 11.3 Å². The molecule has 1 N–H and O–H groups in total. The highest BCUT2D eigenvalue weighted by atomic mass is 32.1. The molecule has 0 aliphatic rings. The second-order valence-corrected chi connectivity index (χ2v) is 8.78. The van der Waals surface area contributed by atoms with Crippen molar-refractivity contribution in [2.45, 2.75) is 46.3 Å². The molecule has 0 spiro atoms. The zero-order chi connectivity index (χ0) is 25.0. The van der Waals surface area contributed by atoms with Crippen molar-refractivity contribution >= 4 is 39.1 Å². The van der Waals surface area contributed by atoms with Crippen LogP contribution in [0.2, 0.25) is 0 Å². The van der Waals surface area contributed by atoms with E-state index in [-0.39, 0.29) is 17.0 Å². The number of carbonyl (C=O) groups excluding carboxylic acids is 2. The molecule has 7 nitrogen and oxygen atoms in total. The number of nitrogens with one attached hydrogen (secondary N) is 1. The molecule has 0 aliphatic heterocycles. The number of halogens is 3. The Morgan fingerprint density at radius 3 is 2.62 bits per heavy atom. The lowest BCUT2D eigenvalue weighted by Gasteiger charge is -2.20. The first-order valence-corrected chi connectivity index (χ1v) is 11.6. The van der Waals surface area contributed by atoms with Crippen LogP contribution in [0.5, 0.6) is 0 Å². The lowest BCUT2D eigenvalue weighted by Crippen LogP contribution is -2.31. The molecule has 2 heterocycles. The first-order chi connectivity index (χ1) is 16.1. The Morgan fingerprint density at radius 2 is 1.97 bits per heavy atom. The first kappa shape index (κ1) is 25.4. The Bertz CT molecular complexity index is 1270. The number of thiophene rings is 1. The molecule has 182 valence electrons. The van der Waals surface area contributed by atoms with Crippen molar-refractivity contribution in [3.05, 3.63) is 57.0 Å². The van der Waals surface area contributed by atoms with Crippen molar-refractivity contribution in [3.63, 3.8) is 0 Å². The molecule has 3 aromatic rings. The minimum absolute atomic E-state index is 0.0340. The fourth-order valence-corrected chi connectivity index (χ4v) is 4.61. The maximum absolute atomic E-state index is 13.0. The minimum Gasteiger partial charge on any atom is -0.338 e. The molecule has 0 aliphatic carbocycles. The van der Waals surface area contributed by atoms with Crippen molar-refractivity contribution in [1.82, 2.24) is 14.5 Å². The summed E-state index contributed by atoms with van der Waals surface area (Å²) in [5, 5.41) is 2.63. The minimum atomic E-state index is -4.54. The molecule has 0 radical (unpaired) electrons. The zero-order valence-corrected chi connectivity index (χ0v) is 19.8. The monoisotopic (exact) mass is 494 g/mol. The fraction of sp³-hybridized carbons (Fsp3) is 0.391. The summed E-state index contributed by atoms with van der Waals surface area (Å²) in [4.78, 5) is 45.3. The van der Waals surface area contributed by atoms with Crippen LogP contribution in [-0.2, 0) is 17.5 Å². The summed E-state index contributed by atoms with van der Waals surface area (Å²) in [6.07, 6.45) is -1.52. The number of anilines is 1. The van der Waals surface area contributed by atoms with Crippen LogP contribution in [0.15, 0.2) is 35.4 Å². The number of rotatable bonds is 8. The molecule has 34 heavy (non-hydrogen) atoms. The number of nitrogens with zero attached hydrogens (tertiary/aromatic N) is 3. The van der Waals surface area contributed by atoms with E-state index in [1.54, 1.807) is 11.8 Å². The molecule has 0 atom stereocenters. The Morgan fingerprint density at radius 1 is 1.24 bits per heavy atom. The van der Waals surface area contributed by atoms with Gasteiger partial charge in [0.05, 0.1) is 22.2 Å². The average molecular weight is 495 g/mol. The summed E-state index contributed by atoms with van der Waals surface area (Å²) >= 11 is 1.13. The van der Waals surface area contributed by atoms with E-state index in [9.17, 15) is 27.6 Å². The lowest BCUT2D eigenvalue weighted by atomic mass is 10.2. The standard InChI is InChI=1S/C23H25F3N4O3S/c1-4-6-10-29(5-2)22(33)19-14(3)18-20(34-19)27-13-30(21(18)32)12-17(31)28-16-9-7-8-15(11-16)23(24,25)26/h7-9,11,13H,4-6,10,12H2,1-3H3,(H,28,31). The third kappa shape index (κ3) is 5.46. The van der Waals surface area contributed by atoms with Gasteiger partial charge in [-0.25, -0.2) is 4.98 Å². The van der Waals surface area contributed by atoms with Gasteiger partial charge in [0.25, 0.3) is 11.5 Å². The number of aromatic nitrogens is 2. The number of benzene rings is 1. The van der Waals surface area contributed by atoms with Crippen molar-refractivity contribution in [1.29, 1.82) is 0 Å². The summed E-state index contributed by atoms with van der Waals surface area (Å²) in [6.45, 7) is 6.33. The van der Waals surface area contributed by atoms with Crippen molar-refractivity contribution in [2.24, 2.45) is 0 Å². The van der Waals surface area contributed by atoms with Crippen LogP contribution in [0.25, 0.3) is 10.2 Å². The normalized spacial score (nSPS) is 11.6. The van der Waals surface area contributed by atoms with E-state index in [1.807, 2.05) is 13.8 Å². The Balaban J connectivity index is 1.84. The molecular weight excluding hydrogens is 469 g/mol. The highest BCUT2D eigenvalue weighted by Gasteiger charge is 2.30. The van der Waals surface area contributed by atoms with Crippen LogP contribution in [0.1, 0.15) is 47.5 Å². The van der Waals surface area contributed by atoms with Crippen molar-refractivity contribution < 1.29 is 22.8 Å². The highest BCUT2D eigenvalue weighted by molar-refractivity contribution is 7.20. The van der Waals surface area contributed by atoms with Gasteiger partial charge in [0.2, 0.25) is 5.91 Å². The van der Waals surface area contributed by atoms with E-state index in [0.717, 1.165) is 40.9 Å². The van der Waals surface area contributed by atoms with E-state index >= 15 is 0 Å². The molecule has 2 aromatic heterocycles. The van der Waals surface area contributed by atoms with Gasteiger partial charge in [-0.05, 0) is 44.0 Å². The fourth-order valence-electron chi connectivity index (χ4n) is 3.50. The third-order valence-corrected chi connectivity index (χ3v) is 6.54. The van der Waals surface area contributed by atoms with Gasteiger partial charge in [0.1, 0.15) is 11.4 Å². The van der Waals surface area contributed by atoms with E-state index < -0.39 is 29.8 Å². The Labute approximate surface area is 198 Å². The number of aryl methyl sites for hydroxylation is 1. The summed E-state index contributed by atoms with van der Waals surface area (Å²) in [5.41, 5.74) is -0.913. The Hall–Kier alpha value is -3.21. The molecule has 0 saturated heterocycles. The van der Waals surface area contributed by atoms with Crippen LogP contribution < -0.4 is 10.9 Å². The molecule has 3 rings (SSSR count). The van der Waals surface area contributed by atoms with Gasteiger partial charge in [0, 0.05) is 18.8 Å². The van der Waals surface area contributed by atoms with Crippen LogP contribution in [0, 0.1) is 6.92 Å². The number of alkyl halides is 3. The molecule has 2 amide bonds. The van der Waals surface area contributed by atoms with Crippen LogP contribution >= 0.6 is 11.3 Å². The number of hydrogen-bond donors (Lipinski definition) is 1. The van der Waals surface area contributed by atoms with E-state index in [1.165, 1.54) is 18.5 Å². The molecule has 11 heteroatoms. The predicted octanol–water partition coefficient (Wildman–Crippen LogP) is 4.69. The second kappa shape index (κ2) is 10.4. The summed E-state index contributed by atoms with van der Waals surface area (Å²) in [6, 6.07) is 4.24. The maximum Gasteiger partial charge on any atom is 0.416 e. The van der Waals surface area contributed by atoms with Gasteiger partial charge in [-0.1, -0.05) is 19.4 Å². The maximum atomic E-state index is 13.0. The number of carbonyl (C=O) groups is 2. The number of unbranched alkanes of at least 4 members (excludes halogenated alkanes) is 1.